The first-order chi connectivity index (χ1) is 10.6. The number of benzene rings is 1. The number of nitrogens with one attached hydrogen (secondary N) is 1. The molecule has 1 aromatic rings. The Morgan fingerprint density at radius 1 is 1.32 bits per heavy atom. The van der Waals surface area contributed by atoms with Crippen molar-refractivity contribution in [2.45, 2.75) is 38.8 Å². The standard InChI is InChI=1S/C15H19NO6/c1-10(18)21-13-3-2-8-20-14(13)22-15(19)16-12-6-4-11(9-17)5-7-12/h4-7,13-14,17H,2-3,8-9H2,1H3,(H,16,19). The molecule has 0 spiro atoms. The molecule has 1 saturated heterocycles. The number of rotatable bonds is 4. The van der Waals surface area contributed by atoms with E-state index in [1.165, 1.54) is 6.92 Å². The number of aliphatic hydroxyl groups excluding tert-OH is 1. The number of esters is 1. The molecule has 2 unspecified atom stereocenters. The third kappa shape index (κ3) is 4.71. The van der Waals surface area contributed by atoms with E-state index in [0.717, 1.165) is 12.0 Å². The first-order valence-corrected chi connectivity index (χ1v) is 7.05. The molecule has 2 rings (SSSR count). The van der Waals surface area contributed by atoms with Crippen molar-refractivity contribution in [3.63, 3.8) is 0 Å². The summed E-state index contributed by atoms with van der Waals surface area (Å²) in [6.45, 7) is 1.68. The molecule has 7 nitrogen and oxygen atoms in total. The van der Waals surface area contributed by atoms with E-state index < -0.39 is 24.5 Å². The maximum Gasteiger partial charge on any atom is 0.414 e. The number of aliphatic hydroxyl groups is 1. The van der Waals surface area contributed by atoms with E-state index in [1.807, 2.05) is 0 Å². The molecular weight excluding hydrogens is 290 g/mol. The number of hydrogen-bond acceptors (Lipinski definition) is 6. The number of hydrogen-bond donors (Lipinski definition) is 2. The van der Waals surface area contributed by atoms with Gasteiger partial charge in [-0.05, 0) is 30.5 Å². The lowest BCUT2D eigenvalue weighted by atomic mass is 10.1. The van der Waals surface area contributed by atoms with Crippen LogP contribution in [0, 0.1) is 0 Å². The highest BCUT2D eigenvalue weighted by Gasteiger charge is 2.31. The number of carbonyl (C=O) groups is 2. The molecule has 22 heavy (non-hydrogen) atoms. The molecule has 2 atom stereocenters. The molecule has 1 aliphatic heterocycles. The van der Waals surface area contributed by atoms with Gasteiger partial charge in [0.2, 0.25) is 6.29 Å². The molecule has 7 heteroatoms. The SMILES string of the molecule is CC(=O)OC1CCCOC1OC(=O)Nc1ccc(CO)cc1. The van der Waals surface area contributed by atoms with Crippen LogP contribution in [0.15, 0.2) is 24.3 Å². The van der Waals surface area contributed by atoms with Crippen LogP contribution in [0.5, 0.6) is 0 Å². The average molecular weight is 309 g/mol. The summed E-state index contributed by atoms with van der Waals surface area (Å²) < 4.78 is 15.6. The van der Waals surface area contributed by atoms with Crippen molar-refractivity contribution in [1.29, 1.82) is 0 Å². The number of anilines is 1. The van der Waals surface area contributed by atoms with Gasteiger partial charge < -0.3 is 19.3 Å². The fourth-order valence-corrected chi connectivity index (χ4v) is 2.11. The van der Waals surface area contributed by atoms with Crippen molar-refractivity contribution in [3.05, 3.63) is 29.8 Å². The van der Waals surface area contributed by atoms with Gasteiger partial charge in [0.1, 0.15) is 0 Å². The van der Waals surface area contributed by atoms with Gasteiger partial charge in [-0.1, -0.05) is 12.1 Å². The smallest absolute Gasteiger partial charge is 0.414 e. The van der Waals surface area contributed by atoms with Crippen LogP contribution in [-0.2, 0) is 25.6 Å². The van der Waals surface area contributed by atoms with E-state index in [4.69, 9.17) is 19.3 Å². The van der Waals surface area contributed by atoms with Crippen LogP contribution in [0.25, 0.3) is 0 Å². The second-order valence-corrected chi connectivity index (χ2v) is 4.91. The molecule has 0 saturated carbocycles. The van der Waals surface area contributed by atoms with Crippen molar-refractivity contribution in [1.82, 2.24) is 0 Å². The molecule has 0 aliphatic carbocycles. The first kappa shape index (κ1) is 16.3. The lowest BCUT2D eigenvalue weighted by Crippen LogP contribution is -2.41. The summed E-state index contributed by atoms with van der Waals surface area (Å²) in [6.07, 6.45) is -0.867. The van der Waals surface area contributed by atoms with Gasteiger partial charge >= 0.3 is 12.1 Å². The van der Waals surface area contributed by atoms with Gasteiger partial charge in [0.25, 0.3) is 0 Å². The summed E-state index contributed by atoms with van der Waals surface area (Å²) in [4.78, 5) is 22.9. The monoisotopic (exact) mass is 309 g/mol. The lowest BCUT2D eigenvalue weighted by Gasteiger charge is -2.30. The van der Waals surface area contributed by atoms with Crippen molar-refractivity contribution in [2.75, 3.05) is 11.9 Å². The minimum absolute atomic E-state index is 0.0648. The first-order valence-electron chi connectivity index (χ1n) is 7.05. The molecule has 1 amide bonds. The van der Waals surface area contributed by atoms with Crippen LogP contribution in [-0.4, -0.2) is 36.2 Å². The number of ether oxygens (including phenoxy) is 3. The van der Waals surface area contributed by atoms with Crippen LogP contribution < -0.4 is 5.32 Å². The van der Waals surface area contributed by atoms with Crippen LogP contribution in [0.1, 0.15) is 25.3 Å². The van der Waals surface area contributed by atoms with E-state index in [0.29, 0.717) is 18.7 Å². The fraction of sp³-hybridized carbons (Fsp3) is 0.467. The molecule has 0 radical (unpaired) electrons. The quantitative estimate of drug-likeness (QED) is 0.824. The van der Waals surface area contributed by atoms with Crippen molar-refractivity contribution in [2.24, 2.45) is 0 Å². The van der Waals surface area contributed by atoms with Crippen molar-refractivity contribution < 1.29 is 28.9 Å². The molecule has 2 N–H and O–H groups in total. The Hall–Kier alpha value is -2.12. The van der Waals surface area contributed by atoms with Crippen LogP contribution in [0.2, 0.25) is 0 Å². The summed E-state index contributed by atoms with van der Waals surface area (Å²) in [7, 11) is 0. The van der Waals surface area contributed by atoms with Gasteiger partial charge in [-0.15, -0.1) is 0 Å². The molecule has 0 bridgehead atoms. The van der Waals surface area contributed by atoms with E-state index in [1.54, 1.807) is 24.3 Å². The molecule has 1 aromatic carbocycles. The third-order valence-electron chi connectivity index (χ3n) is 3.14. The summed E-state index contributed by atoms with van der Waals surface area (Å²) in [5.41, 5.74) is 1.27. The summed E-state index contributed by atoms with van der Waals surface area (Å²) >= 11 is 0. The molecule has 0 aromatic heterocycles. The maximum absolute atomic E-state index is 11.9. The molecular formula is C15H19NO6. The zero-order valence-corrected chi connectivity index (χ0v) is 12.3. The van der Waals surface area contributed by atoms with Gasteiger partial charge in [0.15, 0.2) is 6.10 Å². The van der Waals surface area contributed by atoms with E-state index >= 15 is 0 Å². The van der Waals surface area contributed by atoms with Gasteiger partial charge in [-0.25, -0.2) is 4.79 Å². The van der Waals surface area contributed by atoms with Gasteiger partial charge in [0.05, 0.1) is 13.2 Å². The molecule has 1 aliphatic rings. The number of amides is 1. The normalized spacial score (nSPS) is 21.0. The lowest BCUT2D eigenvalue weighted by molar-refractivity contribution is -0.203. The van der Waals surface area contributed by atoms with Crippen LogP contribution in [0.3, 0.4) is 0 Å². The van der Waals surface area contributed by atoms with E-state index in [9.17, 15) is 9.59 Å². The highest BCUT2D eigenvalue weighted by molar-refractivity contribution is 5.84. The Morgan fingerprint density at radius 3 is 2.68 bits per heavy atom. The highest BCUT2D eigenvalue weighted by atomic mass is 16.7. The zero-order chi connectivity index (χ0) is 15.9. The maximum atomic E-state index is 11.9. The summed E-state index contributed by atoms with van der Waals surface area (Å²) in [6, 6.07) is 6.68. The Balaban J connectivity index is 1.89. The topological polar surface area (TPSA) is 94.1 Å². The van der Waals surface area contributed by atoms with E-state index in [-0.39, 0.29) is 6.61 Å². The highest BCUT2D eigenvalue weighted by Crippen LogP contribution is 2.19. The van der Waals surface area contributed by atoms with Crippen molar-refractivity contribution >= 4 is 17.7 Å². The number of carbonyl (C=O) groups excluding carboxylic acids is 2. The average Bonchev–Trinajstić information content (AvgIpc) is 2.49. The van der Waals surface area contributed by atoms with Crippen molar-refractivity contribution in [3.8, 4) is 0 Å². The van der Waals surface area contributed by atoms with Gasteiger partial charge in [-0.3, -0.25) is 10.1 Å². The Labute approximate surface area is 128 Å². The van der Waals surface area contributed by atoms with E-state index in [2.05, 4.69) is 5.32 Å². The Bertz CT molecular complexity index is 515. The Morgan fingerprint density at radius 2 is 2.05 bits per heavy atom. The van der Waals surface area contributed by atoms with Gasteiger partial charge in [-0.2, -0.15) is 0 Å². The van der Waals surface area contributed by atoms with Crippen LogP contribution >= 0.6 is 0 Å². The molecule has 1 fully saturated rings. The summed E-state index contributed by atoms with van der Waals surface area (Å²) in [5.74, 6) is -0.441. The zero-order valence-electron chi connectivity index (χ0n) is 12.3. The second-order valence-electron chi connectivity index (χ2n) is 4.91. The predicted molar refractivity (Wildman–Crippen MR) is 77.0 cm³/mol. The minimum Gasteiger partial charge on any atom is -0.456 e. The Kier molecular flexibility index (Phi) is 5.74. The largest absolute Gasteiger partial charge is 0.456 e. The predicted octanol–water partition coefficient (Wildman–Crippen LogP) is 1.80. The second kappa shape index (κ2) is 7.77. The molecule has 1 heterocycles. The van der Waals surface area contributed by atoms with Gasteiger partial charge in [0, 0.05) is 12.6 Å². The molecule has 120 valence electrons. The summed E-state index contributed by atoms with van der Waals surface area (Å²) in [5, 5.41) is 11.5. The third-order valence-corrected chi connectivity index (χ3v) is 3.14. The van der Waals surface area contributed by atoms with Crippen LogP contribution in [0.4, 0.5) is 10.5 Å². The fourth-order valence-electron chi connectivity index (χ4n) is 2.11. The minimum atomic E-state index is -0.908.